The van der Waals surface area contributed by atoms with Crippen molar-refractivity contribution in [3.63, 3.8) is 0 Å². The van der Waals surface area contributed by atoms with Gasteiger partial charge in [-0.25, -0.2) is 0 Å². The van der Waals surface area contributed by atoms with Gasteiger partial charge in [0.1, 0.15) is 15.9 Å². The van der Waals surface area contributed by atoms with Crippen molar-refractivity contribution in [2.45, 2.75) is 49.0 Å². The number of amides is 1. The number of aromatic nitrogens is 3. The molecule has 0 radical (unpaired) electrons. The zero-order chi connectivity index (χ0) is 21.4. The summed E-state index contributed by atoms with van der Waals surface area (Å²) in [4.78, 5) is 12.6. The molecule has 8 heteroatoms. The maximum atomic E-state index is 12.6. The number of alkyl halides is 2. The van der Waals surface area contributed by atoms with Crippen LogP contribution in [-0.2, 0) is 11.2 Å². The molecule has 1 aliphatic rings. The van der Waals surface area contributed by atoms with Gasteiger partial charge >= 0.3 is 0 Å². The third kappa shape index (κ3) is 4.55. The van der Waals surface area contributed by atoms with Crippen LogP contribution in [0.5, 0.6) is 5.75 Å². The number of nitrogens with one attached hydrogen (secondary N) is 1. The highest BCUT2D eigenvalue weighted by atomic mass is 35.5. The van der Waals surface area contributed by atoms with E-state index in [4.69, 9.17) is 27.9 Å². The van der Waals surface area contributed by atoms with Gasteiger partial charge in [-0.05, 0) is 56.5 Å². The van der Waals surface area contributed by atoms with Crippen LogP contribution in [0.1, 0.15) is 44.0 Å². The molecule has 6 nitrogen and oxygen atoms in total. The van der Waals surface area contributed by atoms with Crippen LogP contribution in [0.25, 0.3) is 5.65 Å². The lowest BCUT2D eigenvalue weighted by atomic mass is 10.1. The van der Waals surface area contributed by atoms with Crippen molar-refractivity contribution < 1.29 is 9.53 Å². The second kappa shape index (κ2) is 8.08. The molecule has 1 aliphatic carbocycles. The molecule has 30 heavy (non-hydrogen) atoms. The first-order valence-corrected chi connectivity index (χ1v) is 10.8. The first-order chi connectivity index (χ1) is 14.3. The van der Waals surface area contributed by atoms with Crippen LogP contribution in [-0.4, -0.2) is 37.0 Å². The summed E-state index contributed by atoms with van der Waals surface area (Å²) in [7, 11) is 0. The van der Waals surface area contributed by atoms with Crippen molar-refractivity contribution in [3.8, 4) is 5.75 Å². The van der Waals surface area contributed by atoms with Crippen LogP contribution in [0.3, 0.4) is 0 Å². The first kappa shape index (κ1) is 20.9. The molecule has 1 saturated carbocycles. The summed E-state index contributed by atoms with van der Waals surface area (Å²) in [6.45, 7) is 4.04. The molecule has 1 fully saturated rings. The van der Waals surface area contributed by atoms with Crippen molar-refractivity contribution >= 4 is 34.8 Å². The Hall–Kier alpha value is -2.31. The Morgan fingerprint density at radius 1 is 1.23 bits per heavy atom. The SMILES string of the molecule is CC(C)(Oc1ccc([C@@H]2CC2(Cl)Cl)cc1)C(=O)NCCCc1nnc2ccccn12. The smallest absolute Gasteiger partial charge is 0.263 e. The number of carbonyl (C=O) groups is 1. The maximum Gasteiger partial charge on any atom is 0.263 e. The molecule has 158 valence electrons. The molecule has 1 atom stereocenters. The summed E-state index contributed by atoms with van der Waals surface area (Å²) < 4.78 is 7.23. The second-order valence-corrected chi connectivity index (χ2v) is 9.65. The predicted octanol–water partition coefficient (Wildman–Crippen LogP) is 4.30. The zero-order valence-corrected chi connectivity index (χ0v) is 18.5. The molecular formula is C22H24Cl2N4O2. The van der Waals surface area contributed by atoms with Gasteiger partial charge in [0.05, 0.1) is 0 Å². The van der Waals surface area contributed by atoms with E-state index in [2.05, 4.69) is 15.5 Å². The fourth-order valence-corrected chi connectivity index (χ4v) is 3.97. The molecule has 1 N–H and O–H groups in total. The molecule has 4 rings (SSSR count). The van der Waals surface area contributed by atoms with Gasteiger partial charge in [0.2, 0.25) is 0 Å². The number of rotatable bonds is 8. The van der Waals surface area contributed by atoms with Gasteiger partial charge in [0.15, 0.2) is 11.2 Å². The van der Waals surface area contributed by atoms with Crippen molar-refractivity contribution in [3.05, 3.63) is 60.0 Å². The topological polar surface area (TPSA) is 68.5 Å². The van der Waals surface area contributed by atoms with E-state index in [0.29, 0.717) is 12.3 Å². The summed E-state index contributed by atoms with van der Waals surface area (Å²) in [6.07, 6.45) is 4.17. The van der Waals surface area contributed by atoms with Gasteiger partial charge in [0.25, 0.3) is 5.91 Å². The summed E-state index contributed by atoms with van der Waals surface area (Å²) in [6, 6.07) is 13.4. The van der Waals surface area contributed by atoms with E-state index >= 15 is 0 Å². The molecule has 2 heterocycles. The quantitative estimate of drug-likeness (QED) is 0.413. The number of hydrogen-bond donors (Lipinski definition) is 1. The van der Waals surface area contributed by atoms with Crippen LogP contribution in [0, 0.1) is 0 Å². The highest BCUT2D eigenvalue weighted by Crippen LogP contribution is 2.59. The molecule has 1 aromatic carbocycles. The molecule has 0 spiro atoms. The highest BCUT2D eigenvalue weighted by molar-refractivity contribution is 6.51. The Labute approximate surface area is 185 Å². The standard InChI is InChI=1S/C22H24Cl2N4O2/c1-21(2,30-16-10-8-15(9-11-16)17-14-22(17,23)24)20(29)25-12-5-7-19-27-26-18-6-3-4-13-28(18)19/h3-4,6,8-11,13,17H,5,7,12,14H2,1-2H3,(H,25,29)/t17-/m0/s1. The first-order valence-electron chi connectivity index (χ1n) is 10.00. The Morgan fingerprint density at radius 3 is 2.67 bits per heavy atom. The number of nitrogens with zero attached hydrogens (tertiary/aromatic N) is 3. The predicted molar refractivity (Wildman–Crippen MR) is 117 cm³/mol. The Balaban J connectivity index is 1.26. The molecular weight excluding hydrogens is 423 g/mol. The van der Waals surface area contributed by atoms with Crippen molar-refractivity contribution in [2.24, 2.45) is 0 Å². The minimum absolute atomic E-state index is 0.161. The van der Waals surface area contributed by atoms with Crippen LogP contribution >= 0.6 is 23.2 Å². The van der Waals surface area contributed by atoms with Crippen molar-refractivity contribution in [2.75, 3.05) is 6.54 Å². The number of pyridine rings is 1. The van der Waals surface area contributed by atoms with Crippen molar-refractivity contribution in [1.29, 1.82) is 0 Å². The van der Waals surface area contributed by atoms with Crippen molar-refractivity contribution in [1.82, 2.24) is 19.9 Å². The van der Waals surface area contributed by atoms with E-state index in [0.717, 1.165) is 36.3 Å². The van der Waals surface area contributed by atoms with E-state index in [9.17, 15) is 4.79 Å². The minimum atomic E-state index is -0.995. The van der Waals surface area contributed by atoms with Gasteiger partial charge in [0, 0.05) is 25.1 Å². The van der Waals surface area contributed by atoms with Gasteiger partial charge in [-0.15, -0.1) is 33.4 Å². The number of aryl methyl sites for hydroxylation is 1. The van der Waals surface area contributed by atoms with Gasteiger partial charge < -0.3 is 10.1 Å². The van der Waals surface area contributed by atoms with Gasteiger partial charge in [-0.2, -0.15) is 0 Å². The summed E-state index contributed by atoms with van der Waals surface area (Å²) in [5.41, 5.74) is 0.905. The number of ether oxygens (including phenoxy) is 1. The average Bonchev–Trinajstić information content (AvgIpc) is 3.17. The highest BCUT2D eigenvalue weighted by Gasteiger charge is 2.52. The summed E-state index contributed by atoms with van der Waals surface area (Å²) in [5.74, 6) is 1.50. The lowest BCUT2D eigenvalue weighted by Gasteiger charge is -2.25. The second-order valence-electron chi connectivity index (χ2n) is 8.10. The Morgan fingerprint density at radius 2 is 1.97 bits per heavy atom. The van der Waals surface area contributed by atoms with Gasteiger partial charge in [-0.1, -0.05) is 18.2 Å². The molecule has 1 amide bonds. The van der Waals surface area contributed by atoms with Crippen LogP contribution in [0.15, 0.2) is 48.7 Å². The maximum absolute atomic E-state index is 12.6. The normalized spacial score (nSPS) is 17.7. The number of fused-ring (bicyclic) bond motifs is 1. The average molecular weight is 447 g/mol. The minimum Gasteiger partial charge on any atom is -0.478 e. The molecule has 0 aliphatic heterocycles. The number of benzene rings is 1. The zero-order valence-electron chi connectivity index (χ0n) is 16.9. The molecule has 0 unspecified atom stereocenters. The van der Waals surface area contributed by atoms with E-state index < -0.39 is 9.93 Å². The fourth-order valence-electron chi connectivity index (χ4n) is 3.41. The fraction of sp³-hybridized carbons (Fsp3) is 0.409. The van der Waals surface area contributed by atoms with Gasteiger partial charge in [-0.3, -0.25) is 9.20 Å². The Kier molecular flexibility index (Phi) is 5.64. The third-order valence-corrected chi connectivity index (χ3v) is 6.11. The lowest BCUT2D eigenvalue weighted by Crippen LogP contribution is -2.46. The largest absolute Gasteiger partial charge is 0.478 e. The number of carbonyl (C=O) groups excluding carboxylic acids is 1. The summed E-state index contributed by atoms with van der Waals surface area (Å²) in [5, 5.41) is 11.3. The van der Waals surface area contributed by atoms with E-state index in [1.54, 1.807) is 13.8 Å². The van der Waals surface area contributed by atoms with Crippen LogP contribution < -0.4 is 10.1 Å². The molecule has 0 bridgehead atoms. The third-order valence-electron chi connectivity index (χ3n) is 5.28. The number of hydrogen-bond acceptors (Lipinski definition) is 4. The van der Waals surface area contributed by atoms with Crippen LogP contribution in [0.2, 0.25) is 0 Å². The van der Waals surface area contributed by atoms with E-state index in [1.807, 2.05) is 53.1 Å². The van der Waals surface area contributed by atoms with Crippen LogP contribution in [0.4, 0.5) is 0 Å². The number of halogens is 2. The lowest BCUT2D eigenvalue weighted by molar-refractivity contribution is -0.134. The molecule has 3 aromatic rings. The van der Waals surface area contributed by atoms with E-state index in [1.165, 1.54) is 0 Å². The molecule has 0 saturated heterocycles. The Bertz CT molecular complexity index is 1050. The molecule has 2 aromatic heterocycles. The summed E-state index contributed by atoms with van der Waals surface area (Å²) >= 11 is 12.2. The van der Waals surface area contributed by atoms with E-state index in [-0.39, 0.29) is 11.8 Å². The monoisotopic (exact) mass is 446 g/mol.